The van der Waals surface area contributed by atoms with Gasteiger partial charge in [-0.25, -0.2) is 4.79 Å². The first-order chi connectivity index (χ1) is 4.89. The Labute approximate surface area is 72.3 Å². The Morgan fingerprint density at radius 2 is 1.91 bits per heavy atom. The van der Waals surface area contributed by atoms with Gasteiger partial charge < -0.3 is 5.11 Å². The molecule has 64 valence electrons. The van der Waals surface area contributed by atoms with Gasteiger partial charge in [0.2, 0.25) is 0 Å². The molecule has 11 heavy (non-hydrogen) atoms. The molecular weight excluding hydrogens is 291 g/mol. The average Bonchev–Trinajstić information content (AvgIpc) is 1.79. The maximum Gasteiger partial charge on any atom is 0.350 e. The molecule has 0 saturated heterocycles. The molecular formula is C3H3IO6S. The van der Waals surface area contributed by atoms with E-state index < -0.39 is 42.2 Å². The Bertz CT molecular complexity index is 300. The second-order valence-electron chi connectivity index (χ2n) is 1.34. The van der Waals surface area contributed by atoms with Crippen LogP contribution < -0.4 is 0 Å². The molecule has 0 spiro atoms. The number of halogens is 1. The van der Waals surface area contributed by atoms with E-state index in [0.717, 1.165) is 0 Å². The monoisotopic (exact) mass is 294 g/mol. The van der Waals surface area contributed by atoms with Crippen LogP contribution in [0.15, 0.2) is 8.99 Å². The predicted octanol–water partition coefficient (Wildman–Crippen LogP) is 0.116. The number of carbonyl (C=O) groups is 1. The fraction of sp³-hybridized carbons (Fsp3) is 0. The van der Waals surface area contributed by atoms with Crippen molar-refractivity contribution >= 4 is 37.3 Å². The average molecular weight is 294 g/mol. The van der Waals surface area contributed by atoms with Gasteiger partial charge in [0, 0.05) is 4.08 Å². The summed E-state index contributed by atoms with van der Waals surface area (Å²) in [6.45, 7) is 0. The molecule has 0 amide bonds. The zero-order valence-corrected chi connectivity index (χ0v) is 7.86. The molecule has 6 nitrogen and oxygen atoms in total. The van der Waals surface area contributed by atoms with Crippen LogP contribution in [0, 0.1) is 0 Å². The van der Waals surface area contributed by atoms with Gasteiger partial charge in [-0.15, -0.1) is 0 Å². The second-order valence-corrected chi connectivity index (χ2v) is 3.86. The zero-order valence-electron chi connectivity index (χ0n) is 4.89. The molecule has 0 unspecified atom stereocenters. The molecule has 0 aromatic rings. The van der Waals surface area contributed by atoms with Crippen molar-refractivity contribution in [2.45, 2.75) is 0 Å². The van der Waals surface area contributed by atoms with Crippen LogP contribution >= 0.6 is 21.2 Å². The summed E-state index contributed by atoms with van der Waals surface area (Å²) in [6, 6.07) is 0. The zero-order chi connectivity index (χ0) is 9.07. The highest BCUT2D eigenvalue weighted by molar-refractivity contribution is 14.2. The molecule has 0 rings (SSSR count). The van der Waals surface area contributed by atoms with E-state index in [2.05, 4.69) is 0 Å². The lowest BCUT2D eigenvalue weighted by Gasteiger charge is -1.92. The first kappa shape index (κ1) is 10.7. The Morgan fingerprint density at radius 1 is 1.45 bits per heavy atom. The molecule has 0 fully saturated rings. The van der Waals surface area contributed by atoms with Crippen LogP contribution in [-0.2, 0) is 18.0 Å². The highest BCUT2D eigenvalue weighted by atomic mass is 127. The van der Waals surface area contributed by atoms with Gasteiger partial charge in [0.25, 0.3) is 0 Å². The van der Waals surface area contributed by atoms with Gasteiger partial charge in [-0.05, 0) is 0 Å². The van der Waals surface area contributed by atoms with Crippen LogP contribution in [-0.4, -0.2) is 24.0 Å². The minimum absolute atomic E-state index is 0.483. The highest BCUT2D eigenvalue weighted by Gasteiger charge is 2.21. The Balaban J connectivity index is 5.11. The molecule has 0 atom stereocenters. The van der Waals surface area contributed by atoms with Crippen LogP contribution in [0.1, 0.15) is 0 Å². The maximum absolute atomic E-state index is 10.1. The molecule has 0 aromatic carbocycles. The Morgan fingerprint density at radius 3 is 2.00 bits per heavy atom. The first-order valence-corrected chi connectivity index (χ1v) is 5.63. The molecule has 0 saturated carbocycles. The Kier molecular flexibility index (Phi) is 3.75. The van der Waals surface area contributed by atoms with Crippen LogP contribution in [0.25, 0.3) is 0 Å². The first-order valence-electron chi connectivity index (χ1n) is 2.06. The van der Waals surface area contributed by atoms with Crippen molar-refractivity contribution in [3.05, 3.63) is 8.99 Å². The fourth-order valence-electron chi connectivity index (χ4n) is 0.254. The lowest BCUT2D eigenvalue weighted by molar-refractivity contribution is -0.131. The molecule has 0 heterocycles. The molecule has 0 radical (unpaired) electrons. The van der Waals surface area contributed by atoms with Crippen molar-refractivity contribution in [2.75, 3.05) is 0 Å². The van der Waals surface area contributed by atoms with Crippen molar-refractivity contribution < 1.29 is 25.9 Å². The minimum atomic E-state index is -4.74. The van der Waals surface area contributed by atoms with E-state index in [9.17, 15) is 16.3 Å². The van der Waals surface area contributed by atoms with Crippen molar-refractivity contribution in [1.29, 1.82) is 0 Å². The van der Waals surface area contributed by atoms with E-state index >= 15 is 0 Å². The number of hydrogen-bond donors (Lipinski definition) is 2. The number of carboxylic acids is 1. The lowest BCUT2D eigenvalue weighted by Crippen LogP contribution is -2.10. The third-order valence-electron chi connectivity index (χ3n) is 0.632. The lowest BCUT2D eigenvalue weighted by atomic mass is 10.7. The summed E-state index contributed by atoms with van der Waals surface area (Å²) < 4.78 is 38.8. The maximum atomic E-state index is 10.1. The van der Waals surface area contributed by atoms with Gasteiger partial charge in [-0.1, -0.05) is 0 Å². The van der Waals surface area contributed by atoms with Crippen molar-refractivity contribution in [1.82, 2.24) is 0 Å². The van der Waals surface area contributed by atoms with Gasteiger partial charge in [0.1, 0.15) is 0 Å². The van der Waals surface area contributed by atoms with E-state index in [-0.39, 0.29) is 0 Å². The summed E-state index contributed by atoms with van der Waals surface area (Å²) in [5.74, 6) is -1.82. The van der Waals surface area contributed by atoms with Gasteiger partial charge in [0.15, 0.2) is 26.1 Å². The fourth-order valence-corrected chi connectivity index (χ4v) is 2.29. The quantitative estimate of drug-likeness (QED) is 0.434. The molecule has 0 aromatic heterocycles. The van der Waals surface area contributed by atoms with Gasteiger partial charge in [-0.2, -0.15) is 8.42 Å². The highest BCUT2D eigenvalue weighted by Crippen LogP contribution is 2.09. The second kappa shape index (κ2) is 3.88. The van der Waals surface area contributed by atoms with Crippen molar-refractivity contribution in [2.24, 2.45) is 0 Å². The molecule has 8 heteroatoms. The molecule has 0 aliphatic heterocycles. The molecule has 0 aliphatic rings. The van der Waals surface area contributed by atoms with E-state index in [1.807, 2.05) is 0 Å². The van der Waals surface area contributed by atoms with Crippen LogP contribution in [0.3, 0.4) is 0 Å². The molecule has 2 N–H and O–H groups in total. The van der Waals surface area contributed by atoms with Gasteiger partial charge in [0.05, 0.1) is 0 Å². The SMILES string of the molecule is O=I/C=C(\C(=O)O)S(=O)(=O)O. The summed E-state index contributed by atoms with van der Waals surface area (Å²) in [5.41, 5.74) is 0. The number of hydrogen-bond acceptors (Lipinski definition) is 4. The predicted molar refractivity (Wildman–Crippen MR) is 42.0 cm³/mol. The third-order valence-corrected chi connectivity index (χ3v) is 2.78. The van der Waals surface area contributed by atoms with Crippen molar-refractivity contribution in [3.8, 4) is 0 Å². The smallest absolute Gasteiger partial charge is 0.350 e. The third kappa shape index (κ3) is 3.53. The van der Waals surface area contributed by atoms with E-state index in [1.165, 1.54) is 0 Å². The normalized spacial score (nSPS) is 13.0. The summed E-state index contributed by atoms with van der Waals surface area (Å²) in [4.78, 5) is 8.77. The van der Waals surface area contributed by atoms with E-state index in [4.69, 9.17) is 9.66 Å². The van der Waals surface area contributed by atoms with E-state index in [0.29, 0.717) is 4.08 Å². The number of carboxylic acid groups (broad SMARTS) is 1. The number of aliphatic carboxylic acids is 1. The van der Waals surface area contributed by atoms with Gasteiger partial charge >= 0.3 is 16.1 Å². The topological polar surface area (TPSA) is 109 Å². The van der Waals surface area contributed by atoms with Crippen LogP contribution in [0.2, 0.25) is 0 Å². The molecule has 0 bridgehead atoms. The van der Waals surface area contributed by atoms with Gasteiger partial charge in [-0.3, -0.25) is 7.62 Å². The van der Waals surface area contributed by atoms with Crippen LogP contribution in [0.5, 0.6) is 0 Å². The summed E-state index contributed by atoms with van der Waals surface area (Å²) in [6.07, 6.45) is 0. The van der Waals surface area contributed by atoms with Crippen molar-refractivity contribution in [3.63, 3.8) is 0 Å². The minimum Gasteiger partial charge on any atom is -0.477 e. The standard InChI is InChI=1S/C3H3IO6S/c5-3(6)2(1-4-7)11(8,9)10/h1H,(H,5,6)(H,8,9,10)/b2-1+. The summed E-state index contributed by atoms with van der Waals surface area (Å²) in [7, 11) is -4.74. The Hall–Kier alpha value is -0.350. The summed E-state index contributed by atoms with van der Waals surface area (Å²) in [5, 5.41) is 8.11. The molecule has 0 aliphatic carbocycles. The summed E-state index contributed by atoms with van der Waals surface area (Å²) >= 11 is -1.86. The van der Waals surface area contributed by atoms with Crippen LogP contribution in [0.4, 0.5) is 0 Å². The largest absolute Gasteiger partial charge is 0.477 e. The number of rotatable bonds is 3. The van der Waals surface area contributed by atoms with E-state index in [1.54, 1.807) is 0 Å².